The molecule has 1 heteroatoms. The number of hydrogen-bond donors (Lipinski definition) is 0. The van der Waals surface area contributed by atoms with E-state index in [9.17, 15) is 0 Å². The fraction of sp³-hybridized carbons (Fsp3) is 0.154. The zero-order valence-corrected chi connectivity index (χ0v) is 8.27. The number of aromatic nitrogens is 1. The Labute approximate surface area is 84.5 Å². The number of hydrogen-bond acceptors (Lipinski definition) is 1. The highest BCUT2D eigenvalue weighted by molar-refractivity contribution is 5.73. The van der Waals surface area contributed by atoms with E-state index >= 15 is 0 Å². The largest absolute Gasteiger partial charge is 0.256 e. The Morgan fingerprint density at radius 1 is 1.21 bits per heavy atom. The molecule has 1 nitrogen and oxygen atoms in total. The molecule has 0 unspecified atom stereocenters. The lowest BCUT2D eigenvalue weighted by Gasteiger charge is -1.98. The summed E-state index contributed by atoms with van der Waals surface area (Å²) in [6.07, 6.45) is 11.5. The molecule has 1 aromatic rings. The van der Waals surface area contributed by atoms with Crippen LogP contribution in [0.1, 0.15) is 19.0 Å². The first kappa shape index (κ1) is 8.95. The fourth-order valence-electron chi connectivity index (χ4n) is 1.43. The van der Waals surface area contributed by atoms with Crippen LogP contribution < -0.4 is 0 Å². The normalized spacial score (nSPS) is 15.8. The second kappa shape index (κ2) is 4.05. The van der Waals surface area contributed by atoms with E-state index in [0.717, 1.165) is 12.1 Å². The Balaban J connectivity index is 2.36. The minimum Gasteiger partial charge on any atom is -0.256 e. The molecule has 1 heterocycles. The van der Waals surface area contributed by atoms with Crippen LogP contribution >= 0.6 is 0 Å². The second-order valence-electron chi connectivity index (χ2n) is 3.46. The molecule has 70 valence electrons. The van der Waals surface area contributed by atoms with Gasteiger partial charge in [0.2, 0.25) is 0 Å². The standard InChI is InChI=1S/C13H13N/c1-11-5-4-6-12(9-8-11)13-7-2-3-10-14-13/h2-4,6-10H,5H2,1H3. The first-order valence-electron chi connectivity index (χ1n) is 4.81. The first-order chi connectivity index (χ1) is 6.86. The van der Waals surface area contributed by atoms with E-state index in [-0.39, 0.29) is 0 Å². The third-order valence-corrected chi connectivity index (χ3v) is 2.25. The van der Waals surface area contributed by atoms with Crippen LogP contribution in [-0.2, 0) is 0 Å². The van der Waals surface area contributed by atoms with Gasteiger partial charge in [0.1, 0.15) is 0 Å². The van der Waals surface area contributed by atoms with Crippen LogP contribution in [0.3, 0.4) is 0 Å². The highest BCUT2D eigenvalue weighted by atomic mass is 14.7. The van der Waals surface area contributed by atoms with Crippen molar-refractivity contribution in [3.8, 4) is 0 Å². The maximum atomic E-state index is 4.32. The molecule has 0 spiro atoms. The third-order valence-electron chi connectivity index (χ3n) is 2.25. The van der Waals surface area contributed by atoms with Gasteiger partial charge in [0.25, 0.3) is 0 Å². The van der Waals surface area contributed by atoms with Crippen LogP contribution in [0.5, 0.6) is 0 Å². The molecule has 1 aromatic heterocycles. The molecule has 0 saturated carbocycles. The molecule has 1 aliphatic rings. The highest BCUT2D eigenvalue weighted by Gasteiger charge is 1.99. The summed E-state index contributed by atoms with van der Waals surface area (Å²) in [5.41, 5.74) is 3.60. The topological polar surface area (TPSA) is 12.9 Å². The summed E-state index contributed by atoms with van der Waals surface area (Å²) in [5.74, 6) is 0. The minimum atomic E-state index is 1.03. The number of nitrogens with zero attached hydrogens (tertiary/aromatic N) is 1. The minimum absolute atomic E-state index is 1.03. The smallest absolute Gasteiger partial charge is 0.0701 e. The molecule has 2 rings (SSSR count). The molecule has 0 atom stereocenters. The summed E-state index contributed by atoms with van der Waals surface area (Å²) in [5, 5.41) is 0. The summed E-state index contributed by atoms with van der Waals surface area (Å²) in [4.78, 5) is 4.32. The zero-order chi connectivity index (χ0) is 9.80. The molecule has 0 aromatic carbocycles. The number of rotatable bonds is 1. The Bertz CT molecular complexity index is 397. The van der Waals surface area contributed by atoms with E-state index < -0.39 is 0 Å². The molecule has 0 amide bonds. The van der Waals surface area contributed by atoms with Gasteiger partial charge in [-0.2, -0.15) is 0 Å². The zero-order valence-electron chi connectivity index (χ0n) is 8.27. The molecular formula is C13H13N. The van der Waals surface area contributed by atoms with Crippen molar-refractivity contribution < 1.29 is 0 Å². The van der Waals surface area contributed by atoms with Gasteiger partial charge in [-0.1, -0.05) is 35.9 Å². The van der Waals surface area contributed by atoms with Crippen molar-refractivity contribution in [1.82, 2.24) is 4.98 Å². The molecule has 0 fully saturated rings. The van der Waals surface area contributed by atoms with Crippen LogP contribution in [-0.4, -0.2) is 4.98 Å². The Hall–Kier alpha value is -1.63. The summed E-state index contributed by atoms with van der Waals surface area (Å²) < 4.78 is 0. The van der Waals surface area contributed by atoms with E-state index in [4.69, 9.17) is 0 Å². The lowest BCUT2D eigenvalue weighted by molar-refractivity contribution is 1.22. The van der Waals surface area contributed by atoms with Crippen LogP contribution in [0.2, 0.25) is 0 Å². The first-order valence-corrected chi connectivity index (χ1v) is 4.81. The van der Waals surface area contributed by atoms with Crippen molar-refractivity contribution in [2.45, 2.75) is 13.3 Å². The van der Waals surface area contributed by atoms with Crippen molar-refractivity contribution in [2.24, 2.45) is 0 Å². The van der Waals surface area contributed by atoms with Gasteiger partial charge in [0, 0.05) is 6.20 Å². The van der Waals surface area contributed by atoms with Gasteiger partial charge in [-0.3, -0.25) is 4.98 Å². The van der Waals surface area contributed by atoms with Crippen LogP contribution in [0.15, 0.2) is 54.3 Å². The molecule has 0 radical (unpaired) electrons. The second-order valence-corrected chi connectivity index (χ2v) is 3.46. The molecule has 1 aliphatic carbocycles. The van der Waals surface area contributed by atoms with E-state index in [1.165, 1.54) is 11.1 Å². The Morgan fingerprint density at radius 3 is 2.93 bits per heavy atom. The molecule has 0 N–H and O–H groups in total. The highest BCUT2D eigenvalue weighted by Crippen LogP contribution is 2.17. The van der Waals surface area contributed by atoms with Gasteiger partial charge < -0.3 is 0 Å². The van der Waals surface area contributed by atoms with E-state index in [2.05, 4.69) is 36.2 Å². The number of pyridine rings is 1. The van der Waals surface area contributed by atoms with Gasteiger partial charge in [0.05, 0.1) is 5.69 Å². The number of allylic oxidation sites excluding steroid dienone is 6. The summed E-state index contributed by atoms with van der Waals surface area (Å²) >= 11 is 0. The SMILES string of the molecule is CC1=CC=C(c2ccccn2)C=CC1. The Kier molecular flexibility index (Phi) is 2.59. The third kappa shape index (κ3) is 1.99. The maximum absolute atomic E-state index is 4.32. The van der Waals surface area contributed by atoms with Gasteiger partial charge in [-0.25, -0.2) is 0 Å². The Morgan fingerprint density at radius 2 is 2.14 bits per heavy atom. The fourth-order valence-corrected chi connectivity index (χ4v) is 1.43. The average molecular weight is 183 g/mol. The predicted octanol–water partition coefficient (Wildman–Crippen LogP) is 3.37. The van der Waals surface area contributed by atoms with Crippen molar-refractivity contribution in [2.75, 3.05) is 0 Å². The van der Waals surface area contributed by atoms with Gasteiger partial charge in [-0.15, -0.1) is 0 Å². The van der Waals surface area contributed by atoms with Crippen LogP contribution in [0.4, 0.5) is 0 Å². The lowest BCUT2D eigenvalue weighted by Crippen LogP contribution is -1.83. The monoisotopic (exact) mass is 183 g/mol. The van der Waals surface area contributed by atoms with Crippen LogP contribution in [0.25, 0.3) is 5.57 Å². The summed E-state index contributed by atoms with van der Waals surface area (Å²) in [6, 6.07) is 5.98. The van der Waals surface area contributed by atoms with Crippen molar-refractivity contribution in [3.63, 3.8) is 0 Å². The quantitative estimate of drug-likeness (QED) is 0.650. The summed E-state index contributed by atoms with van der Waals surface area (Å²) in [7, 11) is 0. The molecule has 14 heavy (non-hydrogen) atoms. The van der Waals surface area contributed by atoms with Crippen molar-refractivity contribution >= 4 is 5.57 Å². The van der Waals surface area contributed by atoms with Gasteiger partial charge in [0.15, 0.2) is 0 Å². The maximum Gasteiger partial charge on any atom is 0.0701 e. The molecule has 0 bridgehead atoms. The van der Waals surface area contributed by atoms with Crippen molar-refractivity contribution in [1.29, 1.82) is 0 Å². The average Bonchev–Trinajstić information content (AvgIpc) is 2.44. The van der Waals surface area contributed by atoms with Gasteiger partial charge in [-0.05, 0) is 31.1 Å². The predicted molar refractivity (Wildman–Crippen MR) is 59.7 cm³/mol. The molecule has 0 aliphatic heterocycles. The van der Waals surface area contributed by atoms with Crippen molar-refractivity contribution in [3.05, 3.63) is 60.0 Å². The van der Waals surface area contributed by atoms with E-state index in [0.29, 0.717) is 0 Å². The summed E-state index contributed by atoms with van der Waals surface area (Å²) in [6.45, 7) is 2.14. The molecular weight excluding hydrogens is 170 g/mol. The lowest BCUT2D eigenvalue weighted by atomic mass is 10.1. The van der Waals surface area contributed by atoms with E-state index in [1.807, 2.05) is 24.4 Å². The molecule has 0 saturated heterocycles. The van der Waals surface area contributed by atoms with Crippen LogP contribution in [0, 0.1) is 0 Å². The van der Waals surface area contributed by atoms with Gasteiger partial charge >= 0.3 is 0 Å². The van der Waals surface area contributed by atoms with E-state index in [1.54, 1.807) is 0 Å².